The van der Waals surface area contributed by atoms with Crippen molar-refractivity contribution in [2.45, 2.75) is 0 Å². The monoisotopic (exact) mass is 297 g/mol. The number of hydrogen-bond acceptors (Lipinski definition) is 7. The summed E-state index contributed by atoms with van der Waals surface area (Å²) in [7, 11) is 0. The minimum Gasteiger partial charge on any atom is -0.476 e. The Kier molecular flexibility index (Phi) is 3.44. The van der Waals surface area contributed by atoms with Crippen molar-refractivity contribution in [2.75, 3.05) is 0 Å². The van der Waals surface area contributed by atoms with Gasteiger partial charge in [0.2, 0.25) is 11.5 Å². The number of carboxylic acid groups (broad SMARTS) is 1. The number of carboxylic acids is 1. The molecule has 3 aromatic rings. The summed E-state index contributed by atoms with van der Waals surface area (Å²) in [5.74, 6) is 5.04. The number of aromatic amines is 2. The lowest BCUT2D eigenvalue weighted by Gasteiger charge is -2.02. The lowest BCUT2D eigenvalue weighted by atomic mass is 10.2. The van der Waals surface area contributed by atoms with Gasteiger partial charge in [-0.15, -0.1) is 0 Å². The van der Waals surface area contributed by atoms with Crippen LogP contribution in [0.15, 0.2) is 24.3 Å². The number of ether oxygens (including phenoxy) is 1. The van der Waals surface area contributed by atoms with Crippen molar-refractivity contribution in [1.82, 2.24) is 36.0 Å². The van der Waals surface area contributed by atoms with Gasteiger partial charge < -0.3 is 9.84 Å². The average molecular weight is 297 g/mol. The van der Waals surface area contributed by atoms with Gasteiger partial charge >= 0.3 is 5.97 Å². The van der Waals surface area contributed by atoms with Gasteiger partial charge in [0.05, 0.1) is 0 Å². The Morgan fingerprint density at radius 2 is 1.91 bits per heavy atom. The molecular formula is C12H7N7O3. The van der Waals surface area contributed by atoms with Crippen LogP contribution in [0.2, 0.25) is 0 Å². The molecule has 10 heteroatoms. The molecule has 0 unspecified atom stereocenters. The summed E-state index contributed by atoms with van der Waals surface area (Å²) < 4.78 is 5.34. The first-order valence-corrected chi connectivity index (χ1v) is 5.90. The first-order valence-electron chi connectivity index (χ1n) is 5.90. The van der Waals surface area contributed by atoms with Crippen LogP contribution in [0, 0.1) is 11.8 Å². The van der Waals surface area contributed by atoms with E-state index in [0.717, 1.165) is 0 Å². The molecule has 0 aliphatic rings. The standard InChI is InChI=1S/C12H7N7O3/c20-12(21)10-11(16-17-15-10)22-8-4-1-7(2-5-8)3-6-9-13-18-19-14-9/h1-2,4-5H,(H,20,21)(H,15,16,17)(H,13,14,18,19). The Balaban J connectivity index is 1.74. The molecule has 0 spiro atoms. The highest BCUT2D eigenvalue weighted by Gasteiger charge is 2.16. The van der Waals surface area contributed by atoms with Gasteiger partial charge in [-0.1, -0.05) is 21.3 Å². The summed E-state index contributed by atoms with van der Waals surface area (Å²) in [5.41, 5.74) is 0.490. The maximum Gasteiger partial charge on any atom is 0.359 e. The summed E-state index contributed by atoms with van der Waals surface area (Å²) in [6.45, 7) is 0. The summed E-state index contributed by atoms with van der Waals surface area (Å²) in [6.07, 6.45) is 0. The van der Waals surface area contributed by atoms with E-state index in [0.29, 0.717) is 17.1 Å². The molecule has 3 N–H and O–H groups in total. The lowest BCUT2D eigenvalue weighted by molar-refractivity contribution is 0.0687. The molecule has 22 heavy (non-hydrogen) atoms. The lowest BCUT2D eigenvalue weighted by Crippen LogP contribution is -1.99. The molecule has 1 aromatic carbocycles. The highest BCUT2D eigenvalue weighted by atomic mass is 16.5. The van der Waals surface area contributed by atoms with E-state index in [1.807, 2.05) is 0 Å². The maximum atomic E-state index is 10.9. The first kappa shape index (κ1) is 13.3. The van der Waals surface area contributed by atoms with E-state index >= 15 is 0 Å². The van der Waals surface area contributed by atoms with Crippen LogP contribution in [0.4, 0.5) is 0 Å². The number of hydrogen-bond donors (Lipinski definition) is 3. The maximum absolute atomic E-state index is 10.9. The molecule has 10 nitrogen and oxygen atoms in total. The van der Waals surface area contributed by atoms with Crippen molar-refractivity contribution in [3.8, 4) is 23.5 Å². The van der Waals surface area contributed by atoms with Gasteiger partial charge in [-0.05, 0) is 40.6 Å². The van der Waals surface area contributed by atoms with Crippen molar-refractivity contribution >= 4 is 5.97 Å². The molecule has 0 saturated carbocycles. The highest BCUT2D eigenvalue weighted by molar-refractivity contribution is 5.87. The van der Waals surface area contributed by atoms with E-state index < -0.39 is 5.97 Å². The van der Waals surface area contributed by atoms with Gasteiger partial charge in [0.25, 0.3) is 5.88 Å². The van der Waals surface area contributed by atoms with Crippen LogP contribution in [-0.2, 0) is 0 Å². The molecule has 0 atom stereocenters. The van der Waals surface area contributed by atoms with Crippen molar-refractivity contribution < 1.29 is 14.6 Å². The molecule has 3 rings (SSSR count). The van der Waals surface area contributed by atoms with Crippen molar-refractivity contribution in [3.63, 3.8) is 0 Å². The van der Waals surface area contributed by atoms with Crippen LogP contribution in [0.1, 0.15) is 21.9 Å². The normalized spacial score (nSPS) is 9.82. The Hall–Kier alpha value is -3.74. The molecular weight excluding hydrogens is 290 g/mol. The number of carbonyl (C=O) groups is 1. The van der Waals surface area contributed by atoms with Gasteiger partial charge in [0, 0.05) is 5.56 Å². The molecule has 0 saturated heterocycles. The Morgan fingerprint density at radius 1 is 1.09 bits per heavy atom. The van der Waals surface area contributed by atoms with Crippen molar-refractivity contribution in [3.05, 3.63) is 41.3 Å². The second kappa shape index (κ2) is 5.71. The number of aromatic carboxylic acids is 1. The highest BCUT2D eigenvalue weighted by Crippen LogP contribution is 2.21. The van der Waals surface area contributed by atoms with Crippen LogP contribution in [0.5, 0.6) is 11.6 Å². The second-order valence-electron chi connectivity index (χ2n) is 3.92. The smallest absolute Gasteiger partial charge is 0.359 e. The minimum absolute atomic E-state index is 0.112. The number of nitrogens with one attached hydrogen (secondary N) is 2. The summed E-state index contributed by atoms with van der Waals surface area (Å²) >= 11 is 0. The van der Waals surface area contributed by atoms with E-state index in [1.165, 1.54) is 0 Å². The number of tetrazole rings is 1. The van der Waals surface area contributed by atoms with E-state index in [-0.39, 0.29) is 11.6 Å². The average Bonchev–Trinajstić information content (AvgIpc) is 3.17. The second-order valence-corrected chi connectivity index (χ2v) is 3.92. The molecule has 2 heterocycles. The van der Waals surface area contributed by atoms with E-state index in [1.54, 1.807) is 24.3 Å². The van der Waals surface area contributed by atoms with Crippen LogP contribution < -0.4 is 4.74 Å². The molecule has 0 bridgehead atoms. The number of H-pyrrole nitrogens is 2. The van der Waals surface area contributed by atoms with Crippen LogP contribution in [0.3, 0.4) is 0 Å². The fourth-order valence-electron chi connectivity index (χ4n) is 1.49. The van der Waals surface area contributed by atoms with Gasteiger partial charge in [-0.25, -0.2) is 15.0 Å². The van der Waals surface area contributed by atoms with Crippen molar-refractivity contribution in [2.24, 2.45) is 0 Å². The zero-order valence-corrected chi connectivity index (χ0v) is 10.8. The predicted octanol–water partition coefficient (Wildman–Crippen LogP) is 0.208. The summed E-state index contributed by atoms with van der Waals surface area (Å²) in [5, 5.41) is 31.1. The molecule has 0 fully saturated rings. The topological polar surface area (TPSA) is 143 Å². The molecule has 0 aliphatic heterocycles. The predicted molar refractivity (Wildman–Crippen MR) is 70.0 cm³/mol. The zero-order chi connectivity index (χ0) is 15.4. The quantitative estimate of drug-likeness (QED) is 0.582. The summed E-state index contributed by atoms with van der Waals surface area (Å²) in [6, 6.07) is 6.66. The molecule has 2 aromatic heterocycles. The van der Waals surface area contributed by atoms with Crippen molar-refractivity contribution in [1.29, 1.82) is 0 Å². The van der Waals surface area contributed by atoms with Gasteiger partial charge in [0.15, 0.2) is 0 Å². The minimum atomic E-state index is -1.21. The Bertz CT molecular complexity index is 843. The number of nitrogens with zero attached hydrogens (tertiary/aromatic N) is 5. The van der Waals surface area contributed by atoms with Crippen LogP contribution >= 0.6 is 0 Å². The van der Waals surface area contributed by atoms with Crippen LogP contribution in [-0.4, -0.2) is 47.1 Å². The van der Waals surface area contributed by atoms with E-state index in [2.05, 4.69) is 47.9 Å². The number of rotatable bonds is 3. The Morgan fingerprint density at radius 3 is 2.59 bits per heavy atom. The number of aromatic nitrogens is 7. The largest absolute Gasteiger partial charge is 0.476 e. The fourth-order valence-corrected chi connectivity index (χ4v) is 1.49. The third-order valence-electron chi connectivity index (χ3n) is 2.47. The van der Waals surface area contributed by atoms with Gasteiger partial charge in [-0.2, -0.15) is 0 Å². The fraction of sp³-hybridized carbons (Fsp3) is 0. The molecule has 0 aliphatic carbocycles. The molecule has 0 radical (unpaired) electrons. The Labute approximate surface area is 122 Å². The van der Waals surface area contributed by atoms with E-state index in [9.17, 15) is 4.79 Å². The first-order chi connectivity index (χ1) is 10.7. The SMILES string of the molecule is O=C(O)c1[nH]nnc1Oc1ccc(C#Cc2nnn[nH]2)cc1. The van der Waals surface area contributed by atoms with Gasteiger partial charge in [-0.3, -0.25) is 0 Å². The number of benzene rings is 1. The zero-order valence-electron chi connectivity index (χ0n) is 10.8. The van der Waals surface area contributed by atoms with Crippen LogP contribution in [0.25, 0.3) is 0 Å². The third kappa shape index (κ3) is 2.88. The third-order valence-corrected chi connectivity index (χ3v) is 2.47. The summed E-state index contributed by atoms with van der Waals surface area (Å²) in [4.78, 5) is 10.9. The van der Waals surface area contributed by atoms with Gasteiger partial charge in [0.1, 0.15) is 5.75 Å². The van der Waals surface area contributed by atoms with E-state index in [4.69, 9.17) is 9.84 Å². The molecule has 108 valence electrons. The molecule has 0 amide bonds.